The van der Waals surface area contributed by atoms with Gasteiger partial charge < -0.3 is 15.2 Å². The van der Waals surface area contributed by atoms with Crippen molar-refractivity contribution in [3.05, 3.63) is 55.6 Å². The van der Waals surface area contributed by atoms with Crippen LogP contribution in [0.4, 0.5) is 0 Å². The fourth-order valence-electron chi connectivity index (χ4n) is 3.16. The lowest BCUT2D eigenvalue weighted by atomic mass is 10.1. The zero-order valence-electron chi connectivity index (χ0n) is 14.3. The summed E-state index contributed by atoms with van der Waals surface area (Å²) < 4.78 is 0. The van der Waals surface area contributed by atoms with Crippen LogP contribution in [-0.2, 0) is 6.42 Å². The van der Waals surface area contributed by atoms with E-state index in [1.54, 1.807) is 19.2 Å². The molecule has 0 saturated carbocycles. The summed E-state index contributed by atoms with van der Waals surface area (Å²) in [4.78, 5) is 42.7. The van der Waals surface area contributed by atoms with Gasteiger partial charge in [-0.1, -0.05) is 6.92 Å². The quantitative estimate of drug-likeness (QED) is 0.879. The molecule has 1 aliphatic rings. The molecule has 0 bridgehead atoms. The van der Waals surface area contributed by atoms with Gasteiger partial charge in [-0.3, -0.25) is 14.4 Å². The molecule has 2 aromatic heterocycles. The van der Waals surface area contributed by atoms with Crippen molar-refractivity contribution >= 4 is 23.2 Å². The molecule has 132 valence electrons. The maximum absolute atomic E-state index is 12.9. The lowest BCUT2D eigenvalue weighted by molar-refractivity contribution is 0.0737. The second-order valence-electron chi connectivity index (χ2n) is 6.05. The number of carbonyl (C=O) groups is 2. The van der Waals surface area contributed by atoms with Crippen molar-refractivity contribution in [3.63, 3.8) is 0 Å². The molecule has 6 nitrogen and oxygen atoms in total. The number of thiophene rings is 1. The van der Waals surface area contributed by atoms with Gasteiger partial charge in [0.1, 0.15) is 0 Å². The predicted octanol–water partition coefficient (Wildman–Crippen LogP) is 2.34. The molecule has 0 spiro atoms. The van der Waals surface area contributed by atoms with Crippen LogP contribution in [0.5, 0.6) is 0 Å². The lowest BCUT2D eigenvalue weighted by Gasteiger charge is -2.24. The Hall–Kier alpha value is -2.41. The average Bonchev–Trinajstić information content (AvgIpc) is 3.28. The predicted molar refractivity (Wildman–Crippen MR) is 97.2 cm³/mol. The number of likely N-dealkylation sites (tertiary alicyclic amines) is 1. The number of aromatic amines is 1. The molecule has 1 atom stereocenters. The minimum Gasteiger partial charge on any atom is -0.354 e. The molecule has 2 aromatic rings. The van der Waals surface area contributed by atoms with Crippen molar-refractivity contribution in [3.8, 4) is 0 Å². The van der Waals surface area contributed by atoms with Gasteiger partial charge in [0.15, 0.2) is 0 Å². The molecule has 2 N–H and O–H groups in total. The van der Waals surface area contributed by atoms with Gasteiger partial charge in [0.2, 0.25) is 5.56 Å². The molecule has 1 saturated heterocycles. The van der Waals surface area contributed by atoms with Crippen LogP contribution in [0.25, 0.3) is 0 Å². The molecular weight excluding hydrogens is 338 g/mol. The highest BCUT2D eigenvalue weighted by Gasteiger charge is 2.32. The van der Waals surface area contributed by atoms with Gasteiger partial charge in [-0.2, -0.15) is 0 Å². The molecule has 0 radical (unpaired) electrons. The van der Waals surface area contributed by atoms with Gasteiger partial charge in [-0.05, 0) is 37.5 Å². The number of rotatable bonds is 4. The van der Waals surface area contributed by atoms with E-state index in [1.807, 2.05) is 17.9 Å². The van der Waals surface area contributed by atoms with E-state index in [0.29, 0.717) is 23.4 Å². The molecule has 2 amide bonds. The Bertz CT molecular complexity index is 855. The number of carbonyl (C=O) groups excluding carboxylic acids is 2. The first-order valence-electron chi connectivity index (χ1n) is 8.39. The first kappa shape index (κ1) is 17.4. The van der Waals surface area contributed by atoms with E-state index in [-0.39, 0.29) is 23.4 Å². The summed E-state index contributed by atoms with van der Waals surface area (Å²) in [7, 11) is 1.60. The zero-order valence-corrected chi connectivity index (χ0v) is 15.1. The molecule has 3 heterocycles. The molecule has 25 heavy (non-hydrogen) atoms. The van der Waals surface area contributed by atoms with Crippen molar-refractivity contribution in [2.24, 2.45) is 0 Å². The van der Waals surface area contributed by atoms with Gasteiger partial charge in [0.25, 0.3) is 11.8 Å². The Morgan fingerprint density at radius 2 is 2.16 bits per heavy atom. The van der Waals surface area contributed by atoms with E-state index < -0.39 is 0 Å². The third kappa shape index (κ3) is 3.51. The SMILES string of the molecule is CCc1cc(C(=O)N2CCC[C@@H]2c2ccc(C(=O)NC)s2)cc(=O)[nH]1. The average molecular weight is 359 g/mol. The number of nitrogens with zero attached hydrogens (tertiary/aromatic N) is 1. The molecule has 3 rings (SSSR count). The van der Waals surface area contributed by atoms with E-state index in [0.717, 1.165) is 23.4 Å². The fraction of sp³-hybridized carbons (Fsp3) is 0.389. The van der Waals surface area contributed by atoms with Gasteiger partial charge in [-0.25, -0.2) is 0 Å². The minimum atomic E-state index is -0.253. The third-order valence-electron chi connectivity index (χ3n) is 4.45. The standard InChI is InChI=1S/C18H21N3O3S/c1-3-12-9-11(10-16(22)20-12)18(24)21-8-4-5-13(21)14-6-7-15(25-14)17(23)19-2/h6-7,9-10,13H,3-5,8H2,1-2H3,(H,19,23)(H,20,22)/t13-/m1/s1. The van der Waals surface area contributed by atoms with E-state index in [9.17, 15) is 14.4 Å². The normalized spacial score (nSPS) is 16.9. The maximum Gasteiger partial charge on any atom is 0.261 e. The first-order valence-corrected chi connectivity index (χ1v) is 9.21. The summed E-state index contributed by atoms with van der Waals surface area (Å²) in [5.74, 6) is -0.243. The van der Waals surface area contributed by atoms with Crippen LogP contribution in [0.2, 0.25) is 0 Å². The van der Waals surface area contributed by atoms with Crippen LogP contribution in [-0.4, -0.2) is 35.3 Å². The highest BCUT2D eigenvalue weighted by Crippen LogP contribution is 2.36. The number of H-pyrrole nitrogens is 1. The Morgan fingerprint density at radius 1 is 1.36 bits per heavy atom. The van der Waals surface area contributed by atoms with E-state index in [2.05, 4.69) is 10.3 Å². The third-order valence-corrected chi connectivity index (χ3v) is 5.63. The fourth-order valence-corrected chi connectivity index (χ4v) is 4.27. The maximum atomic E-state index is 12.9. The molecule has 1 fully saturated rings. The molecule has 0 unspecified atom stereocenters. The van der Waals surface area contributed by atoms with Crippen molar-refractivity contribution < 1.29 is 9.59 Å². The number of pyridine rings is 1. The number of hydrogen-bond acceptors (Lipinski definition) is 4. The highest BCUT2D eigenvalue weighted by molar-refractivity contribution is 7.14. The van der Waals surface area contributed by atoms with Crippen molar-refractivity contribution in [2.75, 3.05) is 13.6 Å². The first-order chi connectivity index (χ1) is 12.0. The van der Waals surface area contributed by atoms with Crippen molar-refractivity contribution in [2.45, 2.75) is 32.2 Å². The van der Waals surface area contributed by atoms with Gasteiger partial charge in [-0.15, -0.1) is 11.3 Å². The summed E-state index contributed by atoms with van der Waals surface area (Å²) in [6.07, 6.45) is 2.44. The highest BCUT2D eigenvalue weighted by atomic mass is 32.1. The van der Waals surface area contributed by atoms with Crippen molar-refractivity contribution in [1.29, 1.82) is 0 Å². The topological polar surface area (TPSA) is 82.3 Å². The Labute approximate surface area is 149 Å². The van der Waals surface area contributed by atoms with E-state index in [4.69, 9.17) is 0 Å². The second kappa shape index (κ2) is 7.23. The number of aromatic nitrogens is 1. The van der Waals surface area contributed by atoms with Gasteiger partial charge in [0.05, 0.1) is 10.9 Å². The monoisotopic (exact) mass is 359 g/mol. The van der Waals surface area contributed by atoms with Crippen LogP contribution < -0.4 is 10.9 Å². The van der Waals surface area contributed by atoms with Crippen LogP contribution in [0.1, 0.15) is 56.4 Å². The minimum absolute atomic E-state index is 0.0414. The summed E-state index contributed by atoms with van der Waals surface area (Å²) in [6.45, 7) is 2.59. The summed E-state index contributed by atoms with van der Waals surface area (Å²) >= 11 is 1.42. The number of amides is 2. The number of hydrogen-bond donors (Lipinski definition) is 2. The van der Waals surface area contributed by atoms with Crippen LogP contribution in [0, 0.1) is 0 Å². The van der Waals surface area contributed by atoms with Crippen molar-refractivity contribution in [1.82, 2.24) is 15.2 Å². The van der Waals surface area contributed by atoms with E-state index in [1.165, 1.54) is 17.4 Å². The largest absolute Gasteiger partial charge is 0.354 e. The Morgan fingerprint density at radius 3 is 2.88 bits per heavy atom. The van der Waals surface area contributed by atoms with Gasteiger partial charge >= 0.3 is 0 Å². The smallest absolute Gasteiger partial charge is 0.261 e. The molecule has 7 heteroatoms. The molecular formula is C18H21N3O3S. The Balaban J connectivity index is 1.87. The zero-order chi connectivity index (χ0) is 18.0. The molecule has 0 aromatic carbocycles. The van der Waals surface area contributed by atoms with Crippen LogP contribution >= 0.6 is 11.3 Å². The number of nitrogens with one attached hydrogen (secondary N) is 2. The van der Waals surface area contributed by atoms with Gasteiger partial charge in [0, 0.05) is 35.8 Å². The van der Waals surface area contributed by atoms with Crippen LogP contribution in [0.3, 0.4) is 0 Å². The molecule has 1 aliphatic heterocycles. The second-order valence-corrected chi connectivity index (χ2v) is 7.17. The summed E-state index contributed by atoms with van der Waals surface area (Å²) in [6, 6.07) is 6.79. The van der Waals surface area contributed by atoms with Crippen LogP contribution in [0.15, 0.2) is 29.1 Å². The summed E-state index contributed by atoms with van der Waals surface area (Å²) in [5, 5.41) is 2.62. The Kier molecular flexibility index (Phi) is 5.03. The van der Waals surface area contributed by atoms with E-state index >= 15 is 0 Å². The molecule has 0 aliphatic carbocycles. The lowest BCUT2D eigenvalue weighted by Crippen LogP contribution is -2.31. The summed E-state index contributed by atoms with van der Waals surface area (Å²) in [5.41, 5.74) is 0.927. The number of aryl methyl sites for hydroxylation is 1.